The topological polar surface area (TPSA) is 81.1 Å². The Balaban J connectivity index is 1.26. The molecular formula is C37H52N2O4. The van der Waals surface area contributed by atoms with Crippen molar-refractivity contribution in [1.29, 1.82) is 0 Å². The normalized spacial score (nSPS) is 18.8. The molecule has 3 aliphatic rings. The van der Waals surface area contributed by atoms with Gasteiger partial charge in [-0.25, -0.2) is 9.59 Å². The van der Waals surface area contributed by atoms with Crippen LogP contribution < -0.4 is 0 Å². The van der Waals surface area contributed by atoms with E-state index in [1.165, 1.54) is 103 Å². The van der Waals surface area contributed by atoms with Crippen molar-refractivity contribution in [1.82, 2.24) is 9.80 Å². The van der Waals surface area contributed by atoms with Gasteiger partial charge in [0, 0.05) is 5.92 Å². The van der Waals surface area contributed by atoms with Crippen LogP contribution in [0.4, 0.5) is 0 Å². The highest BCUT2D eigenvalue weighted by molar-refractivity contribution is 5.94. The molecule has 5 rings (SSSR count). The summed E-state index contributed by atoms with van der Waals surface area (Å²) in [6.07, 6.45) is 18.9. The average molecular weight is 589 g/mol. The molecule has 0 bridgehead atoms. The first-order valence-corrected chi connectivity index (χ1v) is 17.2. The predicted molar refractivity (Wildman–Crippen MR) is 173 cm³/mol. The maximum Gasteiger partial charge on any atom is 0.335 e. The second-order valence-corrected chi connectivity index (χ2v) is 13.2. The molecular weight excluding hydrogens is 536 g/mol. The summed E-state index contributed by atoms with van der Waals surface area (Å²) < 4.78 is 0. The number of carboxylic acids is 2. The number of piperidine rings is 2. The van der Waals surface area contributed by atoms with Gasteiger partial charge in [-0.1, -0.05) is 57.1 Å². The summed E-state index contributed by atoms with van der Waals surface area (Å²) in [5.41, 5.74) is 6.11. The number of hydrogen-bond donors (Lipinski definition) is 2. The van der Waals surface area contributed by atoms with Crippen LogP contribution in [0.2, 0.25) is 0 Å². The Labute approximate surface area is 258 Å². The van der Waals surface area contributed by atoms with E-state index in [2.05, 4.69) is 9.80 Å². The molecule has 2 N–H and O–H groups in total. The zero-order chi connectivity index (χ0) is 30.0. The number of carboxylic acid groups (broad SMARTS) is 2. The van der Waals surface area contributed by atoms with E-state index in [0.29, 0.717) is 11.1 Å². The second kappa shape index (κ2) is 15.9. The summed E-state index contributed by atoms with van der Waals surface area (Å²) in [5, 5.41) is 20.0. The Bertz CT molecular complexity index is 1230. The number of carbonyl (C=O) groups is 2. The minimum absolute atomic E-state index is 0.0554. The number of fused-ring (bicyclic) bond motifs is 3. The van der Waals surface area contributed by atoms with E-state index >= 15 is 0 Å². The Hall–Kier alpha value is -2.70. The van der Waals surface area contributed by atoms with Crippen LogP contribution >= 0.6 is 0 Å². The molecule has 2 fully saturated rings. The van der Waals surface area contributed by atoms with Gasteiger partial charge in [-0.15, -0.1) is 0 Å². The van der Waals surface area contributed by atoms with Crippen molar-refractivity contribution in [2.24, 2.45) is 0 Å². The third kappa shape index (κ3) is 8.27. The molecule has 2 heterocycles. The van der Waals surface area contributed by atoms with E-state index in [0.717, 1.165) is 66.3 Å². The molecule has 0 saturated carbocycles. The fourth-order valence-electron chi connectivity index (χ4n) is 7.85. The number of benzene rings is 2. The van der Waals surface area contributed by atoms with Gasteiger partial charge in [-0.3, -0.25) is 0 Å². The molecule has 2 aromatic rings. The van der Waals surface area contributed by atoms with Crippen molar-refractivity contribution in [2.45, 2.75) is 109 Å². The summed E-state index contributed by atoms with van der Waals surface area (Å²) >= 11 is 0. The van der Waals surface area contributed by atoms with E-state index in [4.69, 9.17) is 0 Å². The van der Waals surface area contributed by atoms with Crippen molar-refractivity contribution >= 4 is 11.9 Å². The summed E-state index contributed by atoms with van der Waals surface area (Å²) in [5.74, 6) is -1.72. The van der Waals surface area contributed by atoms with E-state index in [1.807, 2.05) is 18.2 Å². The molecule has 6 nitrogen and oxygen atoms in total. The molecule has 1 atom stereocenters. The molecule has 0 amide bonds. The van der Waals surface area contributed by atoms with Crippen LogP contribution in [0.25, 0.3) is 11.1 Å². The highest BCUT2D eigenvalue weighted by Crippen LogP contribution is 2.50. The lowest BCUT2D eigenvalue weighted by Crippen LogP contribution is -2.30. The summed E-state index contributed by atoms with van der Waals surface area (Å²) in [6.45, 7) is 7.34. The van der Waals surface area contributed by atoms with Crippen LogP contribution in [-0.4, -0.2) is 71.2 Å². The van der Waals surface area contributed by atoms with Gasteiger partial charge < -0.3 is 20.0 Å². The van der Waals surface area contributed by atoms with E-state index in [9.17, 15) is 19.8 Å². The van der Waals surface area contributed by atoms with Crippen LogP contribution in [0.3, 0.4) is 0 Å². The second-order valence-electron chi connectivity index (χ2n) is 13.2. The van der Waals surface area contributed by atoms with Gasteiger partial charge >= 0.3 is 11.9 Å². The van der Waals surface area contributed by atoms with Gasteiger partial charge in [0.1, 0.15) is 0 Å². The third-order valence-corrected chi connectivity index (χ3v) is 10.2. The van der Waals surface area contributed by atoms with Gasteiger partial charge in [0.15, 0.2) is 0 Å². The molecule has 2 aromatic carbocycles. The third-order valence-electron chi connectivity index (χ3n) is 10.2. The number of aromatic carboxylic acids is 2. The monoisotopic (exact) mass is 588 g/mol. The van der Waals surface area contributed by atoms with E-state index in [1.54, 1.807) is 12.1 Å². The largest absolute Gasteiger partial charge is 0.478 e. The molecule has 43 heavy (non-hydrogen) atoms. The van der Waals surface area contributed by atoms with Crippen molar-refractivity contribution in [3.63, 3.8) is 0 Å². The van der Waals surface area contributed by atoms with Crippen molar-refractivity contribution in [3.05, 3.63) is 58.1 Å². The average Bonchev–Trinajstić information content (AvgIpc) is 3.34. The Morgan fingerprint density at radius 2 is 1.23 bits per heavy atom. The lowest BCUT2D eigenvalue weighted by atomic mass is 9.84. The van der Waals surface area contributed by atoms with E-state index in [-0.39, 0.29) is 5.92 Å². The maximum atomic E-state index is 12.4. The van der Waals surface area contributed by atoms with Gasteiger partial charge in [0.25, 0.3) is 0 Å². The first-order valence-electron chi connectivity index (χ1n) is 17.2. The molecule has 0 aromatic heterocycles. The Kier molecular flexibility index (Phi) is 11.7. The van der Waals surface area contributed by atoms with Crippen LogP contribution in [0.15, 0.2) is 30.3 Å². The fourth-order valence-corrected chi connectivity index (χ4v) is 7.85. The molecule has 1 aliphatic carbocycles. The Morgan fingerprint density at radius 3 is 1.84 bits per heavy atom. The molecule has 1 unspecified atom stereocenters. The van der Waals surface area contributed by atoms with Gasteiger partial charge in [0.05, 0.1) is 11.1 Å². The smallest absolute Gasteiger partial charge is 0.335 e. The first kappa shape index (κ1) is 31.7. The van der Waals surface area contributed by atoms with Gasteiger partial charge in [0.2, 0.25) is 0 Å². The molecule has 0 radical (unpaired) electrons. The number of unbranched alkanes of at least 4 members (excludes halogenated alkanes) is 6. The molecule has 234 valence electrons. The van der Waals surface area contributed by atoms with Crippen LogP contribution in [0, 0.1) is 0 Å². The summed E-state index contributed by atoms with van der Waals surface area (Å²) in [6, 6.07) is 9.25. The van der Waals surface area contributed by atoms with Crippen LogP contribution in [0.5, 0.6) is 0 Å². The quantitative estimate of drug-likeness (QED) is 0.192. The highest BCUT2D eigenvalue weighted by Gasteiger charge is 2.33. The highest BCUT2D eigenvalue weighted by atomic mass is 16.4. The number of hydrogen-bond acceptors (Lipinski definition) is 4. The predicted octanol–water partition coefficient (Wildman–Crippen LogP) is 8.22. The zero-order valence-corrected chi connectivity index (χ0v) is 26.1. The molecule has 0 spiro atoms. The lowest BCUT2D eigenvalue weighted by molar-refractivity contribution is 0.0685. The SMILES string of the molecule is O=C(O)c1ccc2c(c1)C(CCCCCCN1CCCCC1)c1c-2ccc(C(=O)O)c1CCCCCCN1CCCCC1. The maximum absolute atomic E-state index is 12.4. The zero-order valence-electron chi connectivity index (χ0n) is 26.1. The minimum Gasteiger partial charge on any atom is -0.478 e. The first-order chi connectivity index (χ1) is 21.0. The molecule has 6 heteroatoms. The minimum atomic E-state index is -0.911. The number of nitrogens with zero attached hydrogens (tertiary/aromatic N) is 2. The molecule has 2 saturated heterocycles. The fraction of sp³-hybridized carbons (Fsp3) is 0.622. The van der Waals surface area contributed by atoms with Gasteiger partial charge in [-0.2, -0.15) is 0 Å². The lowest BCUT2D eigenvalue weighted by Gasteiger charge is -2.26. The van der Waals surface area contributed by atoms with Crippen LogP contribution in [-0.2, 0) is 6.42 Å². The Morgan fingerprint density at radius 1 is 0.651 bits per heavy atom. The van der Waals surface area contributed by atoms with Crippen LogP contribution in [0.1, 0.15) is 140 Å². The summed E-state index contributed by atoms with van der Waals surface area (Å²) in [7, 11) is 0. The standard InChI is InChI=1S/C37H52N2O4/c40-36(41)28-17-18-29-32-19-20-33(37(42)43)30(15-7-1-3-9-21-38-23-11-5-12-24-38)35(32)31(34(29)27-28)16-8-2-4-10-22-39-25-13-6-14-26-39/h17-20,27,31H,1-16,21-26H2,(H,40,41)(H,42,43). The number of likely N-dealkylation sites (tertiary alicyclic amines) is 2. The van der Waals surface area contributed by atoms with Gasteiger partial charge in [-0.05, 0) is 143 Å². The van der Waals surface area contributed by atoms with Crippen molar-refractivity contribution in [3.8, 4) is 11.1 Å². The summed E-state index contributed by atoms with van der Waals surface area (Å²) in [4.78, 5) is 29.5. The number of rotatable bonds is 16. The van der Waals surface area contributed by atoms with Crippen molar-refractivity contribution < 1.29 is 19.8 Å². The van der Waals surface area contributed by atoms with E-state index < -0.39 is 11.9 Å². The molecule has 2 aliphatic heterocycles. The van der Waals surface area contributed by atoms with Crippen molar-refractivity contribution in [2.75, 3.05) is 39.3 Å².